The van der Waals surface area contributed by atoms with E-state index in [0.717, 1.165) is 0 Å². The molecule has 0 unspecified atom stereocenters. The number of nitrogens with zero attached hydrogens (tertiary/aromatic N) is 2. The molecule has 1 heterocycles. The number of halogens is 1. The molecule has 0 radical (unpaired) electrons. The molecule has 2 rings (SSSR count). The van der Waals surface area contributed by atoms with E-state index in [1.807, 2.05) is 6.07 Å². The summed E-state index contributed by atoms with van der Waals surface area (Å²) in [6.45, 7) is 0.552. The molecule has 0 fully saturated rings. The molecule has 0 saturated carbocycles. The van der Waals surface area contributed by atoms with Crippen LogP contribution in [0.3, 0.4) is 0 Å². The summed E-state index contributed by atoms with van der Waals surface area (Å²) in [6.07, 6.45) is -0.301. The topological polar surface area (TPSA) is 71.0 Å². The Morgan fingerprint density at radius 2 is 2.22 bits per heavy atom. The van der Waals surface area contributed by atoms with E-state index in [1.54, 1.807) is 25.3 Å². The van der Waals surface area contributed by atoms with Crippen molar-refractivity contribution in [2.75, 3.05) is 13.7 Å². The number of H-pyrrole nitrogens is 1. The van der Waals surface area contributed by atoms with Crippen molar-refractivity contribution in [3.8, 4) is 0 Å². The second-order valence-corrected chi connectivity index (χ2v) is 4.21. The second-order valence-electron chi connectivity index (χ2n) is 3.81. The molecule has 0 spiro atoms. The summed E-state index contributed by atoms with van der Waals surface area (Å²) >= 11 is 6.01. The van der Waals surface area contributed by atoms with Gasteiger partial charge >= 0.3 is 0 Å². The van der Waals surface area contributed by atoms with Gasteiger partial charge in [0.25, 0.3) is 0 Å². The zero-order chi connectivity index (χ0) is 13.0. The first-order valence-corrected chi connectivity index (χ1v) is 5.92. The summed E-state index contributed by atoms with van der Waals surface area (Å²) in [6, 6.07) is 7.08. The van der Waals surface area contributed by atoms with E-state index in [4.69, 9.17) is 16.3 Å². The summed E-state index contributed by atoms with van der Waals surface area (Å²) in [7, 11) is 1.62. The molecule has 6 heteroatoms. The number of nitrogens with one attached hydrogen (secondary N) is 1. The van der Waals surface area contributed by atoms with Crippen LogP contribution in [0.15, 0.2) is 24.3 Å². The Morgan fingerprint density at radius 3 is 2.94 bits per heavy atom. The Labute approximate surface area is 110 Å². The number of aliphatic hydroxyl groups excluding tert-OH is 1. The fourth-order valence-corrected chi connectivity index (χ4v) is 1.82. The van der Waals surface area contributed by atoms with Crippen LogP contribution in [0.4, 0.5) is 0 Å². The highest BCUT2D eigenvalue weighted by atomic mass is 35.5. The van der Waals surface area contributed by atoms with Crippen molar-refractivity contribution in [2.45, 2.75) is 12.5 Å². The lowest BCUT2D eigenvalue weighted by molar-refractivity contribution is 0.200. The molecule has 2 aromatic rings. The number of aromatic nitrogens is 3. The van der Waals surface area contributed by atoms with Crippen molar-refractivity contribution in [1.82, 2.24) is 15.2 Å². The number of benzene rings is 1. The van der Waals surface area contributed by atoms with Gasteiger partial charge in [-0.2, -0.15) is 5.10 Å². The van der Waals surface area contributed by atoms with Gasteiger partial charge in [-0.3, -0.25) is 5.10 Å². The Morgan fingerprint density at radius 1 is 1.44 bits per heavy atom. The molecule has 0 bridgehead atoms. The van der Waals surface area contributed by atoms with Gasteiger partial charge in [0.2, 0.25) is 0 Å². The number of ether oxygens (including phenoxy) is 1. The van der Waals surface area contributed by atoms with Gasteiger partial charge in [0, 0.05) is 24.1 Å². The molecular weight excluding hydrogens is 254 g/mol. The van der Waals surface area contributed by atoms with Gasteiger partial charge in [0.1, 0.15) is 11.9 Å². The standard InChI is InChI=1S/C12H14ClN3O2/c1-18-7-6-10-14-12(16-15-10)11(17)8-4-2-3-5-9(8)13/h2-5,11,17H,6-7H2,1H3,(H,14,15,16)/t11-/m1/s1. The van der Waals surface area contributed by atoms with Crippen LogP contribution < -0.4 is 0 Å². The summed E-state index contributed by atoms with van der Waals surface area (Å²) in [5.41, 5.74) is 0.594. The molecule has 96 valence electrons. The van der Waals surface area contributed by atoms with E-state index in [1.165, 1.54) is 0 Å². The van der Waals surface area contributed by atoms with Crippen LogP contribution in [0.5, 0.6) is 0 Å². The third kappa shape index (κ3) is 2.87. The Hall–Kier alpha value is -1.43. The monoisotopic (exact) mass is 267 g/mol. The molecule has 5 nitrogen and oxygen atoms in total. The zero-order valence-electron chi connectivity index (χ0n) is 9.93. The predicted octanol–water partition coefficient (Wildman–Crippen LogP) is 1.73. The minimum atomic E-state index is -0.925. The van der Waals surface area contributed by atoms with Crippen molar-refractivity contribution >= 4 is 11.6 Å². The molecule has 1 atom stereocenters. The molecule has 0 aliphatic carbocycles. The average Bonchev–Trinajstić information content (AvgIpc) is 2.85. The van der Waals surface area contributed by atoms with Crippen molar-refractivity contribution in [2.24, 2.45) is 0 Å². The zero-order valence-corrected chi connectivity index (χ0v) is 10.7. The van der Waals surface area contributed by atoms with Crippen molar-refractivity contribution in [1.29, 1.82) is 0 Å². The minimum Gasteiger partial charge on any atom is -0.384 e. The molecule has 1 aromatic heterocycles. The fourth-order valence-electron chi connectivity index (χ4n) is 1.58. The van der Waals surface area contributed by atoms with Gasteiger partial charge in [-0.15, -0.1) is 0 Å². The van der Waals surface area contributed by atoms with E-state index in [-0.39, 0.29) is 0 Å². The third-order valence-corrected chi connectivity index (χ3v) is 2.88. The number of hydrogen-bond donors (Lipinski definition) is 2. The summed E-state index contributed by atoms with van der Waals surface area (Å²) in [5, 5.41) is 17.4. The van der Waals surface area contributed by atoms with Gasteiger partial charge in [0.15, 0.2) is 5.82 Å². The van der Waals surface area contributed by atoms with Crippen LogP contribution in [0.2, 0.25) is 5.02 Å². The lowest BCUT2D eigenvalue weighted by Crippen LogP contribution is -2.03. The van der Waals surface area contributed by atoms with Crippen molar-refractivity contribution in [3.05, 3.63) is 46.5 Å². The number of aliphatic hydroxyl groups is 1. The van der Waals surface area contributed by atoms with Crippen LogP contribution in [-0.2, 0) is 11.2 Å². The van der Waals surface area contributed by atoms with Gasteiger partial charge in [0.05, 0.1) is 6.61 Å². The summed E-state index contributed by atoms with van der Waals surface area (Å²) in [4.78, 5) is 4.21. The highest BCUT2D eigenvalue weighted by molar-refractivity contribution is 6.31. The predicted molar refractivity (Wildman–Crippen MR) is 67.5 cm³/mol. The fraction of sp³-hybridized carbons (Fsp3) is 0.333. The Kier molecular flexibility index (Phi) is 4.30. The largest absolute Gasteiger partial charge is 0.384 e. The lowest BCUT2D eigenvalue weighted by Gasteiger charge is -2.08. The molecule has 0 aliphatic rings. The number of rotatable bonds is 5. The van der Waals surface area contributed by atoms with Crippen LogP contribution >= 0.6 is 11.6 Å². The van der Waals surface area contributed by atoms with E-state index in [0.29, 0.717) is 35.3 Å². The number of aromatic amines is 1. The van der Waals surface area contributed by atoms with E-state index in [9.17, 15) is 5.11 Å². The van der Waals surface area contributed by atoms with Crippen molar-refractivity contribution in [3.63, 3.8) is 0 Å². The van der Waals surface area contributed by atoms with Crippen LogP contribution in [0.1, 0.15) is 23.3 Å². The highest BCUT2D eigenvalue weighted by Gasteiger charge is 2.18. The van der Waals surface area contributed by atoms with Crippen molar-refractivity contribution < 1.29 is 9.84 Å². The maximum absolute atomic E-state index is 10.2. The highest BCUT2D eigenvalue weighted by Crippen LogP contribution is 2.25. The summed E-state index contributed by atoms with van der Waals surface area (Å²) < 4.78 is 4.95. The first-order chi connectivity index (χ1) is 8.72. The molecule has 1 aromatic carbocycles. The van der Waals surface area contributed by atoms with Crippen LogP contribution in [0.25, 0.3) is 0 Å². The maximum Gasteiger partial charge on any atom is 0.183 e. The Balaban J connectivity index is 2.16. The second kappa shape index (κ2) is 5.95. The van der Waals surface area contributed by atoms with E-state index in [2.05, 4.69) is 15.2 Å². The quantitative estimate of drug-likeness (QED) is 0.865. The smallest absolute Gasteiger partial charge is 0.183 e. The van der Waals surface area contributed by atoms with Crippen LogP contribution in [0, 0.1) is 0 Å². The first-order valence-electron chi connectivity index (χ1n) is 5.55. The molecule has 18 heavy (non-hydrogen) atoms. The van der Waals surface area contributed by atoms with E-state index < -0.39 is 6.10 Å². The third-order valence-electron chi connectivity index (χ3n) is 2.54. The molecule has 0 saturated heterocycles. The number of hydrogen-bond acceptors (Lipinski definition) is 4. The summed E-state index contributed by atoms with van der Waals surface area (Å²) in [5.74, 6) is 0.993. The maximum atomic E-state index is 10.2. The number of methoxy groups -OCH3 is 1. The minimum absolute atomic E-state index is 0.314. The molecular formula is C12H14ClN3O2. The first kappa shape index (κ1) is 13.0. The van der Waals surface area contributed by atoms with E-state index >= 15 is 0 Å². The SMILES string of the molecule is COCCc1nc([C@H](O)c2ccccc2Cl)n[nH]1. The normalized spacial score (nSPS) is 12.6. The van der Waals surface area contributed by atoms with Gasteiger partial charge in [-0.05, 0) is 6.07 Å². The molecule has 0 aliphatic heterocycles. The average molecular weight is 268 g/mol. The Bertz CT molecular complexity index is 516. The molecule has 0 amide bonds. The van der Waals surface area contributed by atoms with Gasteiger partial charge in [-0.25, -0.2) is 4.98 Å². The van der Waals surface area contributed by atoms with Gasteiger partial charge in [-0.1, -0.05) is 29.8 Å². The lowest BCUT2D eigenvalue weighted by atomic mass is 10.1. The molecule has 2 N–H and O–H groups in total. The van der Waals surface area contributed by atoms with Crippen LogP contribution in [-0.4, -0.2) is 34.0 Å². The van der Waals surface area contributed by atoms with Gasteiger partial charge < -0.3 is 9.84 Å².